The highest BCUT2D eigenvalue weighted by molar-refractivity contribution is 5.21. The second kappa shape index (κ2) is 8.47. The van der Waals surface area contributed by atoms with Crippen molar-refractivity contribution in [1.82, 2.24) is 10.2 Å². The second-order valence-electron chi connectivity index (χ2n) is 5.76. The zero-order chi connectivity index (χ0) is 15.1. The van der Waals surface area contributed by atoms with Gasteiger partial charge in [-0.1, -0.05) is 25.1 Å². The third kappa shape index (κ3) is 4.77. The summed E-state index contributed by atoms with van der Waals surface area (Å²) in [5, 5.41) is 3.48. The molecule has 4 heteroatoms. The SMILES string of the molecule is CCCNC(CCN1CCC(OC)C1)c1ccccc1F. The Balaban J connectivity index is 1.92. The number of rotatable bonds is 8. The van der Waals surface area contributed by atoms with Crippen LogP contribution in [0.25, 0.3) is 0 Å². The van der Waals surface area contributed by atoms with Gasteiger partial charge in [0.2, 0.25) is 0 Å². The molecule has 1 N–H and O–H groups in total. The van der Waals surface area contributed by atoms with Crippen molar-refractivity contribution in [3.63, 3.8) is 0 Å². The lowest BCUT2D eigenvalue weighted by atomic mass is 10.0. The molecule has 2 rings (SSSR count). The molecule has 0 aliphatic carbocycles. The van der Waals surface area contributed by atoms with Gasteiger partial charge < -0.3 is 15.0 Å². The molecule has 0 spiro atoms. The Kier molecular flexibility index (Phi) is 6.61. The molecule has 1 aliphatic heterocycles. The zero-order valence-electron chi connectivity index (χ0n) is 13.1. The minimum absolute atomic E-state index is 0.0905. The van der Waals surface area contributed by atoms with Gasteiger partial charge in [-0.2, -0.15) is 0 Å². The fraction of sp³-hybridized carbons (Fsp3) is 0.647. The minimum Gasteiger partial charge on any atom is -0.380 e. The fourth-order valence-corrected chi connectivity index (χ4v) is 2.95. The summed E-state index contributed by atoms with van der Waals surface area (Å²) in [6, 6.07) is 7.19. The molecule has 21 heavy (non-hydrogen) atoms. The van der Waals surface area contributed by atoms with Crippen molar-refractivity contribution in [1.29, 1.82) is 0 Å². The van der Waals surface area contributed by atoms with E-state index in [9.17, 15) is 4.39 Å². The maximum atomic E-state index is 14.0. The Morgan fingerprint density at radius 3 is 2.90 bits per heavy atom. The lowest BCUT2D eigenvalue weighted by Gasteiger charge is -2.23. The molecule has 1 fully saturated rings. The summed E-state index contributed by atoms with van der Waals surface area (Å²) < 4.78 is 19.4. The topological polar surface area (TPSA) is 24.5 Å². The van der Waals surface area contributed by atoms with Crippen molar-refractivity contribution in [2.45, 2.75) is 38.3 Å². The van der Waals surface area contributed by atoms with Gasteiger partial charge in [0.1, 0.15) is 5.82 Å². The van der Waals surface area contributed by atoms with E-state index in [4.69, 9.17) is 4.74 Å². The van der Waals surface area contributed by atoms with Gasteiger partial charge in [-0.25, -0.2) is 4.39 Å². The van der Waals surface area contributed by atoms with Crippen LogP contribution in [0.15, 0.2) is 24.3 Å². The summed E-state index contributed by atoms with van der Waals surface area (Å²) in [5.74, 6) is -0.109. The van der Waals surface area contributed by atoms with Crippen LogP contribution in [0.4, 0.5) is 4.39 Å². The first kappa shape index (κ1) is 16.4. The smallest absolute Gasteiger partial charge is 0.127 e. The van der Waals surface area contributed by atoms with Gasteiger partial charge in [-0.15, -0.1) is 0 Å². The summed E-state index contributed by atoms with van der Waals surface area (Å²) in [6.45, 7) is 6.11. The molecule has 1 aromatic carbocycles. The fourth-order valence-electron chi connectivity index (χ4n) is 2.95. The monoisotopic (exact) mass is 294 g/mol. The van der Waals surface area contributed by atoms with E-state index in [1.54, 1.807) is 19.2 Å². The van der Waals surface area contributed by atoms with Crippen molar-refractivity contribution in [3.8, 4) is 0 Å². The summed E-state index contributed by atoms with van der Waals surface area (Å²) in [4.78, 5) is 2.41. The first-order chi connectivity index (χ1) is 10.2. The highest BCUT2D eigenvalue weighted by Gasteiger charge is 2.23. The number of nitrogens with one attached hydrogen (secondary N) is 1. The molecule has 118 valence electrons. The number of likely N-dealkylation sites (tertiary alicyclic amines) is 1. The lowest BCUT2D eigenvalue weighted by molar-refractivity contribution is 0.107. The number of nitrogens with zero attached hydrogens (tertiary/aromatic N) is 1. The van der Waals surface area contributed by atoms with E-state index in [2.05, 4.69) is 17.1 Å². The van der Waals surface area contributed by atoms with Crippen LogP contribution in [0, 0.1) is 5.82 Å². The Morgan fingerprint density at radius 1 is 1.43 bits per heavy atom. The van der Waals surface area contributed by atoms with Crippen molar-refractivity contribution in [2.24, 2.45) is 0 Å². The molecule has 1 heterocycles. The molecular weight excluding hydrogens is 267 g/mol. The van der Waals surface area contributed by atoms with Crippen molar-refractivity contribution >= 4 is 0 Å². The molecule has 3 nitrogen and oxygen atoms in total. The molecule has 0 bridgehead atoms. The molecule has 1 aliphatic rings. The summed E-state index contributed by atoms with van der Waals surface area (Å²) in [6.07, 6.45) is 3.45. The first-order valence-corrected chi connectivity index (χ1v) is 7.97. The van der Waals surface area contributed by atoms with E-state index in [1.807, 2.05) is 12.1 Å². The van der Waals surface area contributed by atoms with Crippen molar-refractivity contribution < 1.29 is 9.13 Å². The van der Waals surface area contributed by atoms with Crippen LogP contribution in [0.3, 0.4) is 0 Å². The van der Waals surface area contributed by atoms with E-state index >= 15 is 0 Å². The molecule has 0 radical (unpaired) electrons. The number of benzene rings is 1. The number of hydrogen-bond donors (Lipinski definition) is 1. The molecule has 0 saturated carbocycles. The highest BCUT2D eigenvalue weighted by Crippen LogP contribution is 2.22. The molecule has 1 saturated heterocycles. The standard InChI is InChI=1S/C17H27FN2O/c1-3-10-19-17(15-6-4-5-7-16(15)18)9-12-20-11-8-14(13-20)21-2/h4-7,14,17,19H,3,8-13H2,1-2H3. The predicted molar refractivity (Wildman–Crippen MR) is 83.9 cm³/mol. The highest BCUT2D eigenvalue weighted by atomic mass is 19.1. The molecule has 0 amide bonds. The van der Waals surface area contributed by atoms with Gasteiger partial charge in [0.25, 0.3) is 0 Å². The average Bonchev–Trinajstić information content (AvgIpc) is 2.96. The van der Waals surface area contributed by atoms with E-state index in [1.165, 1.54) is 0 Å². The largest absolute Gasteiger partial charge is 0.380 e. The van der Waals surface area contributed by atoms with Crippen LogP contribution in [0.2, 0.25) is 0 Å². The van der Waals surface area contributed by atoms with E-state index in [0.29, 0.717) is 6.10 Å². The van der Waals surface area contributed by atoms with Crippen LogP contribution in [-0.4, -0.2) is 44.3 Å². The van der Waals surface area contributed by atoms with Gasteiger partial charge in [-0.05, 0) is 31.9 Å². The van der Waals surface area contributed by atoms with E-state index in [-0.39, 0.29) is 11.9 Å². The molecular formula is C17H27FN2O. The minimum atomic E-state index is -0.109. The van der Waals surface area contributed by atoms with Gasteiger partial charge in [0.05, 0.1) is 6.10 Å². The number of hydrogen-bond acceptors (Lipinski definition) is 3. The normalized spacial score (nSPS) is 20.8. The molecule has 0 aromatic heterocycles. The molecule has 2 unspecified atom stereocenters. The third-order valence-corrected chi connectivity index (χ3v) is 4.22. The molecule has 2 atom stereocenters. The quantitative estimate of drug-likeness (QED) is 0.798. The third-order valence-electron chi connectivity index (χ3n) is 4.22. The Morgan fingerprint density at radius 2 is 2.24 bits per heavy atom. The van der Waals surface area contributed by atoms with E-state index in [0.717, 1.165) is 51.0 Å². The molecule has 1 aromatic rings. The Bertz CT molecular complexity index is 427. The van der Waals surface area contributed by atoms with Crippen LogP contribution >= 0.6 is 0 Å². The Labute approximate surface area is 127 Å². The van der Waals surface area contributed by atoms with Crippen LogP contribution in [0.1, 0.15) is 37.8 Å². The van der Waals surface area contributed by atoms with Gasteiger partial charge in [0, 0.05) is 38.3 Å². The first-order valence-electron chi connectivity index (χ1n) is 7.97. The number of ether oxygens (including phenoxy) is 1. The average molecular weight is 294 g/mol. The Hall–Kier alpha value is -0.970. The maximum absolute atomic E-state index is 14.0. The van der Waals surface area contributed by atoms with Gasteiger partial charge >= 0.3 is 0 Å². The lowest BCUT2D eigenvalue weighted by Crippen LogP contribution is -2.30. The zero-order valence-corrected chi connectivity index (χ0v) is 13.1. The van der Waals surface area contributed by atoms with Gasteiger partial charge in [0.15, 0.2) is 0 Å². The van der Waals surface area contributed by atoms with Crippen LogP contribution in [0.5, 0.6) is 0 Å². The summed E-state index contributed by atoms with van der Waals surface area (Å²) in [7, 11) is 1.78. The predicted octanol–water partition coefficient (Wildman–Crippen LogP) is 2.98. The van der Waals surface area contributed by atoms with Crippen LogP contribution < -0.4 is 5.32 Å². The summed E-state index contributed by atoms with van der Waals surface area (Å²) >= 11 is 0. The maximum Gasteiger partial charge on any atom is 0.127 e. The second-order valence-corrected chi connectivity index (χ2v) is 5.76. The van der Waals surface area contributed by atoms with E-state index < -0.39 is 0 Å². The number of halogens is 1. The van der Waals surface area contributed by atoms with Gasteiger partial charge in [-0.3, -0.25) is 0 Å². The summed E-state index contributed by atoms with van der Waals surface area (Å²) in [5.41, 5.74) is 0.786. The van der Waals surface area contributed by atoms with Crippen molar-refractivity contribution in [3.05, 3.63) is 35.6 Å². The van der Waals surface area contributed by atoms with Crippen molar-refractivity contribution in [2.75, 3.05) is 33.3 Å². The number of methoxy groups -OCH3 is 1. The van der Waals surface area contributed by atoms with Crippen LogP contribution in [-0.2, 0) is 4.74 Å².